The number of aryl methyl sites for hydroxylation is 1. The molecule has 0 bridgehead atoms. The van der Waals surface area contributed by atoms with Crippen molar-refractivity contribution in [1.29, 1.82) is 0 Å². The van der Waals surface area contributed by atoms with Crippen molar-refractivity contribution in [1.82, 2.24) is 4.90 Å². The van der Waals surface area contributed by atoms with Crippen molar-refractivity contribution in [2.45, 2.75) is 13.5 Å². The largest absolute Gasteiger partial charge is 0.500 e. The highest BCUT2D eigenvalue weighted by molar-refractivity contribution is 8.18. The summed E-state index contributed by atoms with van der Waals surface area (Å²) in [6.45, 7) is 2.31. The van der Waals surface area contributed by atoms with Gasteiger partial charge in [-0.2, -0.15) is 0 Å². The summed E-state index contributed by atoms with van der Waals surface area (Å²) in [7, 11) is 1.30. The van der Waals surface area contributed by atoms with Gasteiger partial charge in [0.15, 0.2) is 10.9 Å². The number of aromatic hydroxyl groups is 1. The number of rotatable bonds is 6. The van der Waals surface area contributed by atoms with Crippen LogP contribution in [0.5, 0.6) is 11.5 Å². The van der Waals surface area contributed by atoms with Crippen LogP contribution < -0.4 is 4.74 Å². The number of hydrogen-bond donors (Lipinski definition) is 1. The quantitative estimate of drug-likeness (QED) is 0.290. The lowest BCUT2D eigenvalue weighted by atomic mass is 10.1. The van der Waals surface area contributed by atoms with E-state index in [0.29, 0.717) is 27.9 Å². The number of nitro benzene ring substituents is 1. The number of phenols is 1. The molecule has 172 valence electrons. The number of methoxy groups -OCH3 is 1. The molecular formula is C25H21N3O5S. The van der Waals surface area contributed by atoms with Gasteiger partial charge in [0.1, 0.15) is 0 Å². The molecule has 4 rings (SSSR count). The predicted molar refractivity (Wildman–Crippen MR) is 132 cm³/mol. The van der Waals surface area contributed by atoms with Crippen molar-refractivity contribution in [3.8, 4) is 11.5 Å². The van der Waals surface area contributed by atoms with E-state index in [2.05, 4.69) is 4.99 Å². The molecule has 1 amide bonds. The van der Waals surface area contributed by atoms with E-state index >= 15 is 0 Å². The summed E-state index contributed by atoms with van der Waals surface area (Å²) in [6.07, 6.45) is 1.54. The molecule has 1 fully saturated rings. The Kier molecular flexibility index (Phi) is 6.65. The smallest absolute Gasteiger partial charge is 0.315 e. The number of amides is 1. The van der Waals surface area contributed by atoms with Gasteiger partial charge in [0.05, 0.1) is 29.2 Å². The fraction of sp³-hybridized carbons (Fsp3) is 0.120. The zero-order valence-corrected chi connectivity index (χ0v) is 19.3. The Hall–Kier alpha value is -4.11. The molecule has 3 aromatic rings. The lowest BCUT2D eigenvalue weighted by molar-refractivity contribution is -0.386. The molecule has 8 nitrogen and oxygen atoms in total. The van der Waals surface area contributed by atoms with Crippen LogP contribution in [0.2, 0.25) is 0 Å². The topological polar surface area (TPSA) is 105 Å². The molecule has 0 spiro atoms. The van der Waals surface area contributed by atoms with Crippen LogP contribution in [0.1, 0.15) is 16.7 Å². The molecule has 0 radical (unpaired) electrons. The number of nitro groups is 1. The van der Waals surface area contributed by atoms with Gasteiger partial charge in [0.2, 0.25) is 5.75 Å². The van der Waals surface area contributed by atoms with E-state index < -0.39 is 16.4 Å². The van der Waals surface area contributed by atoms with Crippen molar-refractivity contribution in [2.24, 2.45) is 4.99 Å². The van der Waals surface area contributed by atoms with Crippen LogP contribution in [-0.2, 0) is 11.3 Å². The third-order valence-electron chi connectivity index (χ3n) is 5.12. The third kappa shape index (κ3) is 4.94. The van der Waals surface area contributed by atoms with Crippen LogP contribution in [0, 0.1) is 17.0 Å². The first-order valence-electron chi connectivity index (χ1n) is 10.3. The highest BCUT2D eigenvalue weighted by atomic mass is 32.2. The van der Waals surface area contributed by atoms with Gasteiger partial charge in [-0.05, 0) is 54.1 Å². The van der Waals surface area contributed by atoms with Crippen molar-refractivity contribution in [3.63, 3.8) is 0 Å². The first-order valence-corrected chi connectivity index (χ1v) is 11.1. The molecule has 3 aromatic carbocycles. The van der Waals surface area contributed by atoms with Gasteiger partial charge in [-0.3, -0.25) is 19.8 Å². The second kappa shape index (κ2) is 9.80. The van der Waals surface area contributed by atoms with Crippen molar-refractivity contribution < 1.29 is 19.6 Å². The van der Waals surface area contributed by atoms with Crippen molar-refractivity contribution in [2.75, 3.05) is 7.11 Å². The van der Waals surface area contributed by atoms with Crippen LogP contribution in [0.15, 0.2) is 76.6 Å². The van der Waals surface area contributed by atoms with Crippen LogP contribution >= 0.6 is 11.8 Å². The average molecular weight is 476 g/mol. The molecule has 1 saturated heterocycles. The summed E-state index contributed by atoms with van der Waals surface area (Å²) in [6, 6.07) is 19.9. The minimum Gasteiger partial charge on any atom is -0.500 e. The Bertz CT molecular complexity index is 1300. The summed E-state index contributed by atoms with van der Waals surface area (Å²) < 4.78 is 5.07. The van der Waals surface area contributed by atoms with Crippen molar-refractivity contribution >= 4 is 40.3 Å². The molecular weight excluding hydrogens is 454 g/mol. The molecule has 0 aliphatic carbocycles. The van der Waals surface area contributed by atoms with E-state index in [9.17, 15) is 20.0 Å². The number of benzene rings is 3. The fourth-order valence-electron chi connectivity index (χ4n) is 3.37. The van der Waals surface area contributed by atoms with E-state index in [1.807, 2.05) is 61.5 Å². The van der Waals surface area contributed by atoms with E-state index in [1.54, 1.807) is 4.90 Å². The van der Waals surface area contributed by atoms with Gasteiger partial charge in [-0.25, -0.2) is 4.99 Å². The molecule has 0 atom stereocenters. The molecule has 0 aromatic heterocycles. The molecule has 34 heavy (non-hydrogen) atoms. The Morgan fingerprint density at radius 3 is 2.50 bits per heavy atom. The van der Waals surface area contributed by atoms with Gasteiger partial charge in [-0.1, -0.05) is 48.0 Å². The third-order valence-corrected chi connectivity index (χ3v) is 6.13. The number of nitrogens with zero attached hydrogens (tertiary/aromatic N) is 3. The minimum atomic E-state index is -0.699. The average Bonchev–Trinajstić information content (AvgIpc) is 3.10. The summed E-state index contributed by atoms with van der Waals surface area (Å²) >= 11 is 1.19. The zero-order chi connectivity index (χ0) is 24.2. The number of aliphatic imine (C=N–C) groups is 1. The predicted octanol–water partition coefficient (Wildman–Crippen LogP) is 5.42. The van der Waals surface area contributed by atoms with E-state index in [-0.39, 0.29) is 11.7 Å². The lowest BCUT2D eigenvalue weighted by Crippen LogP contribution is -2.28. The normalized spacial score (nSPS) is 15.8. The Morgan fingerprint density at radius 1 is 1.15 bits per heavy atom. The molecule has 1 heterocycles. The minimum absolute atomic E-state index is 0.0498. The monoisotopic (exact) mass is 475 g/mol. The van der Waals surface area contributed by atoms with Gasteiger partial charge in [-0.15, -0.1) is 0 Å². The van der Waals surface area contributed by atoms with Gasteiger partial charge < -0.3 is 9.84 Å². The molecule has 1 aliphatic rings. The number of thioether (sulfide) groups is 1. The molecule has 1 N–H and O–H groups in total. The highest BCUT2D eigenvalue weighted by Crippen LogP contribution is 2.40. The maximum absolute atomic E-state index is 13.4. The Morgan fingerprint density at radius 2 is 1.85 bits per heavy atom. The second-order valence-corrected chi connectivity index (χ2v) is 8.57. The number of ether oxygens (including phenoxy) is 1. The van der Waals surface area contributed by atoms with E-state index in [0.717, 1.165) is 11.1 Å². The number of amidine groups is 1. The first kappa shape index (κ1) is 23.1. The fourth-order valence-corrected chi connectivity index (χ4v) is 4.37. The molecule has 0 saturated carbocycles. The maximum Gasteiger partial charge on any atom is 0.315 e. The summed E-state index contributed by atoms with van der Waals surface area (Å²) in [5.74, 6) is -0.882. The summed E-state index contributed by atoms with van der Waals surface area (Å²) in [4.78, 5) is 30.6. The lowest BCUT2D eigenvalue weighted by Gasteiger charge is -2.15. The molecule has 9 heteroatoms. The van der Waals surface area contributed by atoms with Gasteiger partial charge in [0.25, 0.3) is 5.91 Å². The van der Waals surface area contributed by atoms with Gasteiger partial charge in [0, 0.05) is 6.07 Å². The van der Waals surface area contributed by atoms with Crippen LogP contribution in [0.25, 0.3) is 6.08 Å². The van der Waals surface area contributed by atoms with Crippen LogP contribution in [0.4, 0.5) is 11.4 Å². The standard InChI is InChI=1S/C25H21N3O5S/c1-16-8-10-19(11-9-16)26-25-27(15-17-6-4-3-5-7-17)24(30)22(34-25)14-18-12-20(28(31)32)23(29)21(13-18)33-2/h3-14,29H,15H2,1-2H3/b22-14+,26-25?. The maximum atomic E-state index is 13.4. The molecule has 0 unspecified atom stereocenters. The highest BCUT2D eigenvalue weighted by Gasteiger charge is 2.34. The SMILES string of the molecule is COc1cc(/C=C2/SC(=Nc3ccc(C)cc3)N(Cc3ccccc3)C2=O)cc([N+](=O)[O-])c1O. The zero-order valence-electron chi connectivity index (χ0n) is 18.5. The van der Waals surface area contributed by atoms with E-state index in [4.69, 9.17) is 4.74 Å². The second-order valence-electron chi connectivity index (χ2n) is 7.57. The van der Waals surface area contributed by atoms with Crippen molar-refractivity contribution in [3.05, 3.63) is 98.4 Å². The Balaban J connectivity index is 1.75. The first-order chi connectivity index (χ1) is 16.4. The number of carbonyl (C=O) groups is 1. The summed E-state index contributed by atoms with van der Waals surface area (Å²) in [5, 5.41) is 21.9. The summed E-state index contributed by atoms with van der Waals surface area (Å²) in [5.41, 5.74) is 2.60. The number of carbonyl (C=O) groups excluding carboxylic acids is 1. The van der Waals surface area contributed by atoms with Gasteiger partial charge >= 0.3 is 5.69 Å². The Labute approximate surface area is 200 Å². The number of hydrogen-bond acceptors (Lipinski definition) is 7. The van der Waals surface area contributed by atoms with Crippen LogP contribution in [-0.4, -0.2) is 33.1 Å². The van der Waals surface area contributed by atoms with Crippen LogP contribution in [0.3, 0.4) is 0 Å². The molecule has 1 aliphatic heterocycles. The van der Waals surface area contributed by atoms with E-state index in [1.165, 1.54) is 37.1 Å². The number of phenolic OH excluding ortho intramolecular Hbond substituents is 1.